The Morgan fingerprint density at radius 2 is 2.00 bits per heavy atom. The third kappa shape index (κ3) is 5.19. The second-order valence-electron chi connectivity index (χ2n) is 4.08. The zero-order valence-electron chi connectivity index (χ0n) is 9.94. The van der Waals surface area contributed by atoms with Crippen LogP contribution in [0.3, 0.4) is 0 Å². The first-order chi connectivity index (χ1) is 8.11. The molecule has 0 saturated heterocycles. The van der Waals surface area contributed by atoms with Gasteiger partial charge in [0.2, 0.25) is 0 Å². The summed E-state index contributed by atoms with van der Waals surface area (Å²) in [5.74, 6) is 1.80. The lowest BCUT2D eigenvalue weighted by Gasteiger charge is -2.10. The number of carbonyl (C=O) groups is 1. The molecule has 1 unspecified atom stereocenters. The first kappa shape index (κ1) is 13.3. The van der Waals surface area contributed by atoms with E-state index in [2.05, 4.69) is 11.2 Å². The molecule has 2 N–H and O–H groups in total. The Hall–Kier alpha value is -1.79. The molecule has 1 atom stereocenters. The fourth-order valence-corrected chi connectivity index (χ4v) is 1.49. The molecule has 0 heterocycles. The van der Waals surface area contributed by atoms with Crippen LogP contribution in [0.5, 0.6) is 0 Å². The molecular formula is C14H17NO2. The van der Waals surface area contributed by atoms with E-state index in [1.165, 1.54) is 0 Å². The quantitative estimate of drug-likeness (QED) is 0.734. The zero-order chi connectivity index (χ0) is 12.7. The van der Waals surface area contributed by atoms with E-state index in [1.807, 2.05) is 31.2 Å². The molecule has 0 aliphatic rings. The molecule has 1 aromatic rings. The number of aliphatic carboxylic acids is 1. The van der Waals surface area contributed by atoms with Crippen LogP contribution in [0.4, 0.5) is 0 Å². The summed E-state index contributed by atoms with van der Waals surface area (Å²) in [6.07, 6.45) is 6.00. The van der Waals surface area contributed by atoms with Crippen LogP contribution in [0.1, 0.15) is 24.5 Å². The first-order valence-electron chi connectivity index (χ1n) is 5.58. The van der Waals surface area contributed by atoms with Crippen LogP contribution in [0, 0.1) is 12.3 Å². The van der Waals surface area contributed by atoms with Gasteiger partial charge in [0.1, 0.15) is 0 Å². The van der Waals surface area contributed by atoms with Crippen LogP contribution < -0.4 is 5.32 Å². The van der Waals surface area contributed by atoms with E-state index in [9.17, 15) is 4.79 Å². The van der Waals surface area contributed by atoms with Crippen molar-refractivity contribution in [2.45, 2.75) is 32.4 Å². The fourth-order valence-electron chi connectivity index (χ4n) is 1.49. The largest absolute Gasteiger partial charge is 0.481 e. The highest BCUT2D eigenvalue weighted by molar-refractivity contribution is 5.70. The predicted octanol–water partition coefficient (Wildman–Crippen LogP) is 1.82. The molecule has 3 nitrogen and oxygen atoms in total. The second kappa shape index (κ2) is 6.72. The molecule has 17 heavy (non-hydrogen) atoms. The van der Waals surface area contributed by atoms with Gasteiger partial charge in [-0.1, -0.05) is 24.3 Å². The molecule has 0 saturated carbocycles. The van der Waals surface area contributed by atoms with Crippen molar-refractivity contribution in [2.24, 2.45) is 0 Å². The van der Waals surface area contributed by atoms with Crippen LogP contribution in [-0.2, 0) is 17.8 Å². The van der Waals surface area contributed by atoms with Crippen molar-refractivity contribution in [3.8, 4) is 12.3 Å². The zero-order valence-corrected chi connectivity index (χ0v) is 9.94. The highest BCUT2D eigenvalue weighted by Crippen LogP contribution is 2.05. The van der Waals surface area contributed by atoms with Crippen molar-refractivity contribution in [3.63, 3.8) is 0 Å². The van der Waals surface area contributed by atoms with Crippen LogP contribution in [0.2, 0.25) is 0 Å². The molecule has 0 bridgehead atoms. The number of hydrogen-bond acceptors (Lipinski definition) is 2. The van der Waals surface area contributed by atoms with E-state index in [-0.39, 0.29) is 6.42 Å². The molecule has 0 aromatic heterocycles. The summed E-state index contributed by atoms with van der Waals surface area (Å²) in [4.78, 5) is 10.5. The van der Waals surface area contributed by atoms with E-state index in [1.54, 1.807) is 0 Å². The normalized spacial score (nSPS) is 11.8. The Balaban J connectivity index is 2.46. The number of hydrogen-bond donors (Lipinski definition) is 2. The summed E-state index contributed by atoms with van der Waals surface area (Å²) in [6.45, 7) is 2.79. The molecule has 1 aromatic carbocycles. The van der Waals surface area contributed by atoms with Crippen LogP contribution in [0.25, 0.3) is 0 Å². The lowest BCUT2D eigenvalue weighted by Crippen LogP contribution is -2.24. The summed E-state index contributed by atoms with van der Waals surface area (Å²) in [7, 11) is 0. The monoisotopic (exact) mass is 231 g/mol. The van der Waals surface area contributed by atoms with E-state index in [0.717, 1.165) is 17.7 Å². The Kier molecular flexibility index (Phi) is 5.25. The third-order valence-electron chi connectivity index (χ3n) is 2.46. The Labute approximate surface area is 102 Å². The number of carboxylic acids is 1. The molecule has 1 rings (SSSR count). The van der Waals surface area contributed by atoms with Gasteiger partial charge in [0.15, 0.2) is 0 Å². The van der Waals surface area contributed by atoms with Crippen molar-refractivity contribution in [1.82, 2.24) is 5.32 Å². The number of terminal acetylenes is 1. The summed E-state index contributed by atoms with van der Waals surface area (Å²) >= 11 is 0. The summed E-state index contributed by atoms with van der Waals surface area (Å²) < 4.78 is 0. The molecule has 0 aliphatic carbocycles. The molecule has 3 heteroatoms. The van der Waals surface area contributed by atoms with Crippen molar-refractivity contribution in [1.29, 1.82) is 0 Å². The molecule has 0 spiro atoms. The number of nitrogens with one attached hydrogen (secondary N) is 1. The van der Waals surface area contributed by atoms with Gasteiger partial charge in [0.25, 0.3) is 0 Å². The standard InChI is InChI=1S/C14H17NO2/c1-3-4-11(2)15-10-13-7-5-12(6-8-13)9-14(16)17/h1,5-8,11,15H,4,9-10H2,2H3,(H,16,17). The lowest BCUT2D eigenvalue weighted by atomic mass is 10.1. The average Bonchev–Trinajstić information content (AvgIpc) is 2.28. The molecule has 0 radical (unpaired) electrons. The van der Waals surface area contributed by atoms with Gasteiger partial charge in [-0.25, -0.2) is 0 Å². The van der Waals surface area contributed by atoms with E-state index >= 15 is 0 Å². The van der Waals surface area contributed by atoms with E-state index in [4.69, 9.17) is 11.5 Å². The SMILES string of the molecule is C#CCC(C)NCc1ccc(CC(=O)O)cc1. The molecule has 0 amide bonds. The first-order valence-corrected chi connectivity index (χ1v) is 5.58. The minimum absolute atomic E-state index is 0.0706. The fraction of sp³-hybridized carbons (Fsp3) is 0.357. The molecule has 0 aliphatic heterocycles. The highest BCUT2D eigenvalue weighted by Gasteiger charge is 2.02. The van der Waals surface area contributed by atoms with Crippen LogP contribution >= 0.6 is 0 Å². The minimum Gasteiger partial charge on any atom is -0.481 e. The van der Waals surface area contributed by atoms with Crippen molar-refractivity contribution in [2.75, 3.05) is 0 Å². The maximum absolute atomic E-state index is 10.5. The second-order valence-corrected chi connectivity index (χ2v) is 4.08. The van der Waals surface area contributed by atoms with Gasteiger partial charge in [-0.2, -0.15) is 0 Å². The maximum Gasteiger partial charge on any atom is 0.307 e. The summed E-state index contributed by atoms with van der Waals surface area (Å²) in [6, 6.07) is 7.86. The maximum atomic E-state index is 10.5. The lowest BCUT2D eigenvalue weighted by molar-refractivity contribution is -0.136. The van der Waals surface area contributed by atoms with Gasteiger partial charge < -0.3 is 10.4 Å². The van der Waals surface area contributed by atoms with E-state index < -0.39 is 5.97 Å². The van der Waals surface area contributed by atoms with Crippen LogP contribution in [-0.4, -0.2) is 17.1 Å². The molecule has 0 fully saturated rings. The smallest absolute Gasteiger partial charge is 0.307 e. The Morgan fingerprint density at radius 1 is 1.41 bits per heavy atom. The number of rotatable bonds is 6. The van der Waals surface area contributed by atoms with Gasteiger partial charge in [-0.3, -0.25) is 4.79 Å². The summed E-state index contributed by atoms with van der Waals surface area (Å²) in [5.41, 5.74) is 1.95. The van der Waals surface area contributed by atoms with Crippen molar-refractivity contribution in [3.05, 3.63) is 35.4 Å². The molecule has 90 valence electrons. The van der Waals surface area contributed by atoms with Crippen LogP contribution in [0.15, 0.2) is 24.3 Å². The Morgan fingerprint density at radius 3 is 2.53 bits per heavy atom. The number of carboxylic acid groups (broad SMARTS) is 1. The van der Waals surface area contributed by atoms with Gasteiger partial charge >= 0.3 is 5.97 Å². The Bertz CT molecular complexity index is 403. The number of benzene rings is 1. The van der Waals surface area contributed by atoms with Gasteiger partial charge in [0.05, 0.1) is 6.42 Å². The van der Waals surface area contributed by atoms with Gasteiger partial charge in [-0.05, 0) is 18.1 Å². The van der Waals surface area contributed by atoms with Gasteiger partial charge in [0, 0.05) is 19.0 Å². The van der Waals surface area contributed by atoms with Crippen molar-refractivity contribution >= 4 is 5.97 Å². The minimum atomic E-state index is -0.807. The van der Waals surface area contributed by atoms with E-state index in [0.29, 0.717) is 12.5 Å². The highest BCUT2D eigenvalue weighted by atomic mass is 16.4. The molecular weight excluding hydrogens is 214 g/mol. The van der Waals surface area contributed by atoms with Crippen molar-refractivity contribution < 1.29 is 9.90 Å². The third-order valence-corrected chi connectivity index (χ3v) is 2.46. The average molecular weight is 231 g/mol. The predicted molar refractivity (Wildman–Crippen MR) is 67.5 cm³/mol. The summed E-state index contributed by atoms with van der Waals surface area (Å²) in [5, 5.41) is 11.9. The van der Waals surface area contributed by atoms with Gasteiger partial charge in [-0.15, -0.1) is 12.3 Å². The topological polar surface area (TPSA) is 49.3 Å².